The molecule has 106 valence electrons. The largest absolute Gasteiger partial charge is 0.367 e. The molecule has 0 fully saturated rings. The minimum Gasteiger partial charge on any atom is -0.244 e. The van der Waals surface area contributed by atoms with Crippen molar-refractivity contribution in [2.45, 2.75) is 25.3 Å². The number of aromatic nitrogens is 4. The number of benzene rings is 1. The fourth-order valence-corrected chi connectivity index (χ4v) is 2.87. The molecule has 20 heavy (non-hydrogen) atoms. The third-order valence-corrected chi connectivity index (χ3v) is 4.29. The van der Waals surface area contributed by atoms with Crippen LogP contribution < -0.4 is 5.69 Å². The molecule has 1 aromatic heterocycles. The predicted octanol–water partition coefficient (Wildman–Crippen LogP) is 0.670. The molecule has 0 spiro atoms. The summed E-state index contributed by atoms with van der Waals surface area (Å²) in [7, 11) is -3.62. The number of tetrazole rings is 1. The number of aryl methyl sites for hydroxylation is 2. The molecule has 0 saturated carbocycles. The smallest absolute Gasteiger partial charge is 0.244 e. The van der Waals surface area contributed by atoms with Crippen molar-refractivity contribution < 1.29 is 8.42 Å². The number of hydrogen-bond acceptors (Lipinski definition) is 5. The molecule has 8 heteroatoms. The molecule has 7 nitrogen and oxygen atoms in total. The molecule has 2 rings (SSSR count). The topological polar surface area (TPSA) is 86.8 Å². The van der Waals surface area contributed by atoms with E-state index in [0.29, 0.717) is 12.1 Å². The van der Waals surface area contributed by atoms with Gasteiger partial charge >= 0.3 is 5.69 Å². The lowest BCUT2D eigenvalue weighted by Crippen LogP contribution is -2.22. The number of rotatable bonds is 4. The molecule has 0 saturated heterocycles. The summed E-state index contributed by atoms with van der Waals surface area (Å²) >= 11 is 0. The second kappa shape index (κ2) is 5.41. The van der Waals surface area contributed by atoms with Gasteiger partial charge in [-0.05, 0) is 35.9 Å². The van der Waals surface area contributed by atoms with Gasteiger partial charge < -0.3 is 0 Å². The monoisotopic (exact) mass is 294 g/mol. The van der Waals surface area contributed by atoms with Crippen molar-refractivity contribution in [2.24, 2.45) is 0 Å². The van der Waals surface area contributed by atoms with E-state index in [9.17, 15) is 13.2 Å². The van der Waals surface area contributed by atoms with Gasteiger partial charge in [-0.15, -0.1) is 0 Å². The molecular formula is C12H14N4O3S. The van der Waals surface area contributed by atoms with Gasteiger partial charge in [0.1, 0.15) is 0 Å². The lowest BCUT2D eigenvalue weighted by atomic mass is 10.2. The summed E-state index contributed by atoms with van der Waals surface area (Å²) in [4.78, 5) is 11.9. The second-order valence-corrected chi connectivity index (χ2v) is 5.92. The van der Waals surface area contributed by atoms with Gasteiger partial charge in [0.25, 0.3) is 0 Å². The molecular weight excluding hydrogens is 280 g/mol. The van der Waals surface area contributed by atoms with Gasteiger partial charge in [-0.25, -0.2) is 13.2 Å². The average Bonchev–Trinajstić information content (AvgIpc) is 2.77. The van der Waals surface area contributed by atoms with E-state index in [4.69, 9.17) is 0 Å². The van der Waals surface area contributed by atoms with Crippen LogP contribution in [0.2, 0.25) is 0 Å². The zero-order valence-corrected chi connectivity index (χ0v) is 11.9. The zero-order valence-electron chi connectivity index (χ0n) is 11.1. The summed E-state index contributed by atoms with van der Waals surface area (Å²) in [5, 5.41) is 8.12. The summed E-state index contributed by atoms with van der Waals surface area (Å²) in [5.41, 5.74) is 0.158. The molecule has 0 unspecified atom stereocenters. The van der Waals surface area contributed by atoms with E-state index in [1.54, 1.807) is 32.0 Å². The van der Waals surface area contributed by atoms with Crippen LogP contribution in [0.4, 0.5) is 0 Å². The Morgan fingerprint density at radius 3 is 2.55 bits per heavy atom. The normalized spacial score (nSPS) is 12.1. The number of sulfone groups is 1. The molecule has 0 bridgehead atoms. The Labute approximate surface area is 116 Å². The summed E-state index contributed by atoms with van der Waals surface area (Å²) in [6, 6.07) is 6.63. The third kappa shape index (κ3) is 2.69. The fourth-order valence-electron chi connectivity index (χ4n) is 1.66. The summed E-state index contributed by atoms with van der Waals surface area (Å²) in [6.07, 6.45) is 1.10. The van der Waals surface area contributed by atoms with Crippen molar-refractivity contribution in [3.05, 3.63) is 45.7 Å². The van der Waals surface area contributed by atoms with Crippen LogP contribution >= 0.6 is 0 Å². The van der Waals surface area contributed by atoms with Crippen LogP contribution in [0.5, 0.6) is 0 Å². The highest BCUT2D eigenvalue weighted by molar-refractivity contribution is 7.94. The lowest BCUT2D eigenvalue weighted by Gasteiger charge is -2.02. The van der Waals surface area contributed by atoms with Gasteiger partial charge in [0.05, 0.1) is 10.3 Å². The standard InChI is InChI=1S/C12H14N4O3S/c1-3-15-12(17)16(14-13-15)8-9-20(18,19)11-7-5-4-6-10(11)2/h4-9H,3H2,1-2H3/b9-8+. The molecule has 2 aromatic rings. The minimum atomic E-state index is -3.62. The first-order valence-electron chi connectivity index (χ1n) is 5.97. The van der Waals surface area contributed by atoms with Crippen LogP contribution in [0.15, 0.2) is 39.4 Å². The van der Waals surface area contributed by atoms with Gasteiger partial charge in [0.15, 0.2) is 0 Å². The van der Waals surface area contributed by atoms with E-state index in [-0.39, 0.29) is 4.90 Å². The maximum atomic E-state index is 12.2. The Hall–Kier alpha value is -2.22. The summed E-state index contributed by atoms with van der Waals surface area (Å²) < 4.78 is 26.3. The fraction of sp³-hybridized carbons (Fsp3) is 0.250. The van der Waals surface area contributed by atoms with E-state index in [0.717, 1.165) is 21.0 Å². The van der Waals surface area contributed by atoms with E-state index in [1.807, 2.05) is 0 Å². The molecule has 0 atom stereocenters. The van der Waals surface area contributed by atoms with Crippen LogP contribution in [-0.4, -0.2) is 28.2 Å². The van der Waals surface area contributed by atoms with E-state index in [1.165, 1.54) is 6.07 Å². The Morgan fingerprint density at radius 2 is 1.95 bits per heavy atom. The van der Waals surface area contributed by atoms with Gasteiger partial charge in [0, 0.05) is 12.7 Å². The van der Waals surface area contributed by atoms with E-state index in [2.05, 4.69) is 10.4 Å². The number of hydrogen-bond donors (Lipinski definition) is 0. The van der Waals surface area contributed by atoms with Crippen molar-refractivity contribution in [3.63, 3.8) is 0 Å². The van der Waals surface area contributed by atoms with Crippen LogP contribution in [0, 0.1) is 6.92 Å². The molecule has 0 radical (unpaired) electrons. The van der Waals surface area contributed by atoms with Gasteiger partial charge in [0.2, 0.25) is 9.84 Å². The molecule has 1 heterocycles. The first-order chi connectivity index (χ1) is 9.45. The predicted molar refractivity (Wildman–Crippen MR) is 73.7 cm³/mol. The quantitative estimate of drug-likeness (QED) is 0.827. The zero-order chi connectivity index (χ0) is 14.8. The van der Waals surface area contributed by atoms with Crippen molar-refractivity contribution in [2.75, 3.05) is 0 Å². The van der Waals surface area contributed by atoms with E-state index < -0.39 is 15.5 Å². The number of nitrogens with zero attached hydrogens (tertiary/aromatic N) is 4. The van der Waals surface area contributed by atoms with Crippen LogP contribution in [0.25, 0.3) is 6.20 Å². The van der Waals surface area contributed by atoms with Crippen molar-refractivity contribution in [1.29, 1.82) is 0 Å². The van der Waals surface area contributed by atoms with Gasteiger partial charge in [-0.1, -0.05) is 18.2 Å². The lowest BCUT2D eigenvalue weighted by molar-refractivity contribution is 0.604. The maximum Gasteiger partial charge on any atom is 0.367 e. The Morgan fingerprint density at radius 1 is 1.25 bits per heavy atom. The highest BCUT2D eigenvalue weighted by Crippen LogP contribution is 2.16. The Balaban J connectivity index is 2.38. The molecule has 0 aliphatic heterocycles. The van der Waals surface area contributed by atoms with Crippen molar-refractivity contribution in [1.82, 2.24) is 19.8 Å². The molecule has 0 amide bonds. The summed E-state index contributed by atoms with van der Waals surface area (Å²) in [6.45, 7) is 3.83. The second-order valence-electron chi connectivity index (χ2n) is 4.12. The van der Waals surface area contributed by atoms with Gasteiger partial charge in [-0.2, -0.15) is 9.36 Å². The van der Waals surface area contributed by atoms with Crippen molar-refractivity contribution in [3.8, 4) is 0 Å². The average molecular weight is 294 g/mol. The first kappa shape index (κ1) is 14.2. The van der Waals surface area contributed by atoms with Crippen LogP contribution in [0.1, 0.15) is 12.5 Å². The van der Waals surface area contributed by atoms with E-state index >= 15 is 0 Å². The SMILES string of the molecule is CCn1nnn(/C=C/S(=O)(=O)c2ccccc2C)c1=O. The first-order valence-corrected chi connectivity index (χ1v) is 7.51. The molecule has 1 aromatic carbocycles. The summed E-state index contributed by atoms with van der Waals surface area (Å²) in [5.74, 6) is 0. The van der Waals surface area contributed by atoms with Crippen LogP contribution in [-0.2, 0) is 16.4 Å². The van der Waals surface area contributed by atoms with Crippen LogP contribution in [0.3, 0.4) is 0 Å². The molecule has 0 aliphatic rings. The highest BCUT2D eigenvalue weighted by Gasteiger charge is 2.13. The van der Waals surface area contributed by atoms with Gasteiger partial charge in [-0.3, -0.25) is 0 Å². The Kier molecular flexibility index (Phi) is 3.84. The highest BCUT2D eigenvalue weighted by atomic mass is 32.2. The molecule has 0 N–H and O–H groups in total. The Bertz CT molecular complexity index is 802. The minimum absolute atomic E-state index is 0.201. The van der Waals surface area contributed by atoms with Crippen molar-refractivity contribution >= 4 is 16.0 Å². The maximum absolute atomic E-state index is 12.2. The molecule has 0 aliphatic carbocycles. The third-order valence-electron chi connectivity index (χ3n) is 2.74.